The first-order valence-corrected chi connectivity index (χ1v) is 6.80. The summed E-state index contributed by atoms with van der Waals surface area (Å²) in [4.78, 5) is 0. The average Bonchev–Trinajstić information content (AvgIpc) is 2.22. The van der Waals surface area contributed by atoms with Crippen LogP contribution in [-0.4, -0.2) is 6.54 Å². The third-order valence-electron chi connectivity index (χ3n) is 4.24. The molecule has 0 radical (unpaired) electrons. The molecule has 1 heteroatoms. The third-order valence-corrected chi connectivity index (χ3v) is 4.24. The van der Waals surface area contributed by atoms with E-state index in [-0.39, 0.29) is 5.41 Å². The van der Waals surface area contributed by atoms with Crippen LogP contribution in [0.4, 0.5) is 0 Å². The van der Waals surface area contributed by atoms with Crippen LogP contribution in [0.25, 0.3) is 0 Å². The van der Waals surface area contributed by atoms with Gasteiger partial charge in [0.1, 0.15) is 0 Å². The molecule has 0 aliphatic heterocycles. The van der Waals surface area contributed by atoms with E-state index in [0.717, 1.165) is 13.0 Å². The van der Waals surface area contributed by atoms with Gasteiger partial charge in [0.2, 0.25) is 0 Å². The van der Waals surface area contributed by atoms with Crippen LogP contribution in [0, 0.1) is 0 Å². The van der Waals surface area contributed by atoms with Crippen LogP contribution in [0.15, 0.2) is 24.3 Å². The second-order valence-corrected chi connectivity index (χ2v) is 6.47. The molecule has 1 aliphatic rings. The molecule has 0 amide bonds. The molecule has 1 saturated carbocycles. The minimum atomic E-state index is 0.230. The summed E-state index contributed by atoms with van der Waals surface area (Å²) in [5.74, 6) is 0. The third kappa shape index (κ3) is 2.26. The highest BCUT2D eigenvalue weighted by molar-refractivity contribution is 5.40. The van der Waals surface area contributed by atoms with E-state index in [2.05, 4.69) is 45.0 Å². The fraction of sp³-hybridized carbons (Fsp3) is 0.625. The van der Waals surface area contributed by atoms with Gasteiger partial charge in [0, 0.05) is 0 Å². The van der Waals surface area contributed by atoms with Crippen LogP contribution in [0.5, 0.6) is 0 Å². The fourth-order valence-electron chi connectivity index (χ4n) is 3.13. The molecule has 2 N–H and O–H groups in total. The largest absolute Gasteiger partial charge is 0.330 e. The lowest BCUT2D eigenvalue weighted by molar-refractivity contribution is 0.225. The Morgan fingerprint density at radius 2 is 1.82 bits per heavy atom. The lowest BCUT2D eigenvalue weighted by atomic mass is 9.60. The first kappa shape index (κ1) is 12.6. The van der Waals surface area contributed by atoms with Crippen LogP contribution in [0.2, 0.25) is 0 Å². The van der Waals surface area contributed by atoms with E-state index in [0.29, 0.717) is 5.41 Å². The first-order valence-electron chi connectivity index (χ1n) is 6.80. The lowest BCUT2D eigenvalue weighted by Crippen LogP contribution is -2.38. The van der Waals surface area contributed by atoms with E-state index in [1.54, 1.807) is 5.56 Å². The molecule has 1 aliphatic carbocycles. The maximum absolute atomic E-state index is 5.82. The highest BCUT2D eigenvalue weighted by Gasteiger charge is 2.40. The Hall–Kier alpha value is -0.820. The Bertz CT molecular complexity index is 383. The molecule has 17 heavy (non-hydrogen) atoms. The van der Waals surface area contributed by atoms with E-state index < -0.39 is 0 Å². The van der Waals surface area contributed by atoms with Crippen molar-refractivity contribution >= 4 is 0 Å². The normalized spacial score (nSPS) is 18.8. The highest BCUT2D eigenvalue weighted by atomic mass is 14.6. The van der Waals surface area contributed by atoms with Crippen LogP contribution < -0.4 is 5.73 Å². The van der Waals surface area contributed by atoms with Gasteiger partial charge in [0.25, 0.3) is 0 Å². The van der Waals surface area contributed by atoms with Gasteiger partial charge in [-0.05, 0) is 47.8 Å². The van der Waals surface area contributed by atoms with E-state index in [4.69, 9.17) is 5.73 Å². The van der Waals surface area contributed by atoms with E-state index in [1.807, 2.05) is 0 Å². The van der Waals surface area contributed by atoms with Crippen molar-refractivity contribution in [3.05, 3.63) is 35.4 Å². The van der Waals surface area contributed by atoms with Crippen LogP contribution in [0.1, 0.15) is 57.6 Å². The monoisotopic (exact) mass is 231 g/mol. The second kappa shape index (κ2) is 4.45. The summed E-state index contributed by atoms with van der Waals surface area (Å²) in [7, 11) is 0. The maximum Gasteiger partial charge on any atom is -0.00321 e. The SMILES string of the molecule is CC(C)(C)c1ccccc1C1(CCN)CCC1. The van der Waals surface area contributed by atoms with Crippen LogP contribution in [-0.2, 0) is 10.8 Å². The molecule has 0 unspecified atom stereocenters. The highest BCUT2D eigenvalue weighted by Crippen LogP contribution is 2.49. The van der Waals surface area contributed by atoms with Crippen molar-refractivity contribution in [1.29, 1.82) is 0 Å². The molecule has 0 bridgehead atoms. The van der Waals surface area contributed by atoms with Gasteiger partial charge in [0.15, 0.2) is 0 Å². The van der Waals surface area contributed by atoms with Gasteiger partial charge in [0.05, 0.1) is 0 Å². The minimum absolute atomic E-state index is 0.230. The molecule has 0 atom stereocenters. The van der Waals surface area contributed by atoms with Gasteiger partial charge < -0.3 is 5.73 Å². The van der Waals surface area contributed by atoms with Gasteiger partial charge in [-0.2, -0.15) is 0 Å². The van der Waals surface area contributed by atoms with Crippen molar-refractivity contribution in [2.45, 2.75) is 57.3 Å². The number of rotatable bonds is 3. The van der Waals surface area contributed by atoms with Crippen molar-refractivity contribution in [3.63, 3.8) is 0 Å². The zero-order valence-corrected chi connectivity index (χ0v) is 11.4. The van der Waals surface area contributed by atoms with Crippen LogP contribution in [0.3, 0.4) is 0 Å². The van der Waals surface area contributed by atoms with Crippen molar-refractivity contribution in [2.24, 2.45) is 5.73 Å². The molecule has 1 aromatic rings. The Balaban J connectivity index is 2.44. The summed E-state index contributed by atoms with van der Waals surface area (Å²) in [6, 6.07) is 8.97. The molecule has 0 aromatic heterocycles. The summed E-state index contributed by atoms with van der Waals surface area (Å²) >= 11 is 0. The average molecular weight is 231 g/mol. The van der Waals surface area contributed by atoms with Crippen LogP contribution >= 0.6 is 0 Å². The molecular formula is C16H25N. The predicted molar refractivity (Wildman–Crippen MR) is 74.3 cm³/mol. The van der Waals surface area contributed by atoms with Gasteiger partial charge >= 0.3 is 0 Å². The van der Waals surface area contributed by atoms with E-state index in [9.17, 15) is 0 Å². The minimum Gasteiger partial charge on any atom is -0.330 e. The molecule has 1 fully saturated rings. The summed E-state index contributed by atoms with van der Waals surface area (Å²) in [6.07, 6.45) is 5.13. The number of benzene rings is 1. The topological polar surface area (TPSA) is 26.0 Å². The summed E-state index contributed by atoms with van der Waals surface area (Å²) in [5.41, 5.74) is 9.51. The van der Waals surface area contributed by atoms with E-state index >= 15 is 0 Å². The number of nitrogens with two attached hydrogens (primary N) is 1. The number of hydrogen-bond acceptors (Lipinski definition) is 1. The molecular weight excluding hydrogens is 206 g/mol. The van der Waals surface area contributed by atoms with Gasteiger partial charge in [-0.3, -0.25) is 0 Å². The molecule has 0 heterocycles. The van der Waals surface area contributed by atoms with Crippen molar-refractivity contribution in [2.75, 3.05) is 6.54 Å². The summed E-state index contributed by atoms with van der Waals surface area (Å²) in [5, 5.41) is 0. The molecule has 1 aromatic carbocycles. The van der Waals surface area contributed by atoms with Gasteiger partial charge in [-0.15, -0.1) is 0 Å². The van der Waals surface area contributed by atoms with Gasteiger partial charge in [-0.25, -0.2) is 0 Å². The molecule has 0 saturated heterocycles. The quantitative estimate of drug-likeness (QED) is 0.842. The van der Waals surface area contributed by atoms with Crippen molar-refractivity contribution < 1.29 is 0 Å². The fourth-order valence-corrected chi connectivity index (χ4v) is 3.13. The Morgan fingerprint density at radius 3 is 2.29 bits per heavy atom. The zero-order chi connectivity index (χ0) is 12.5. The molecule has 1 nitrogen and oxygen atoms in total. The summed E-state index contributed by atoms with van der Waals surface area (Å²) in [6.45, 7) is 7.72. The maximum atomic E-state index is 5.82. The predicted octanol–water partition coefficient (Wildman–Crippen LogP) is 3.75. The standard InChI is InChI=1S/C16H25N/c1-15(2,3)13-7-4-5-8-14(13)16(11-12-17)9-6-10-16/h4-5,7-8H,6,9-12,17H2,1-3H3. The van der Waals surface area contributed by atoms with Gasteiger partial charge in [-0.1, -0.05) is 51.5 Å². The van der Waals surface area contributed by atoms with E-state index in [1.165, 1.54) is 24.8 Å². The smallest absolute Gasteiger partial charge is 0.00321 e. The molecule has 2 rings (SSSR count). The summed E-state index contributed by atoms with van der Waals surface area (Å²) < 4.78 is 0. The van der Waals surface area contributed by atoms with Crippen molar-refractivity contribution in [1.82, 2.24) is 0 Å². The molecule has 0 spiro atoms. The number of hydrogen-bond donors (Lipinski definition) is 1. The molecule has 94 valence electrons. The Kier molecular flexibility index (Phi) is 3.31. The zero-order valence-electron chi connectivity index (χ0n) is 11.4. The Morgan fingerprint density at radius 1 is 1.18 bits per heavy atom. The lowest BCUT2D eigenvalue weighted by Gasteiger charge is -2.45. The van der Waals surface area contributed by atoms with Crippen molar-refractivity contribution in [3.8, 4) is 0 Å². The Labute approximate surface area is 105 Å². The first-order chi connectivity index (χ1) is 7.99. The second-order valence-electron chi connectivity index (χ2n) is 6.47.